The fraction of sp³-hybridized carbons (Fsp3) is 0. The lowest BCUT2D eigenvalue weighted by Crippen LogP contribution is -2.08. The lowest BCUT2D eigenvalue weighted by Gasteiger charge is -2.07. The molecule has 0 fully saturated rings. The molecule has 0 saturated carbocycles. The van der Waals surface area contributed by atoms with Crippen LogP contribution in [0.2, 0.25) is 0 Å². The number of rotatable bonds is 2. The van der Waals surface area contributed by atoms with Gasteiger partial charge in [-0.1, -0.05) is 47.7 Å². The minimum absolute atomic E-state index is 0.344. The number of carbonyl (C=O) groups is 1. The number of benzene rings is 3. The molecule has 1 heterocycles. The maximum Gasteiger partial charge on any atom is 0.396 e. The molecule has 0 unspecified atom stereocenters. The predicted octanol–water partition coefficient (Wildman–Crippen LogP) is 4.23. The summed E-state index contributed by atoms with van der Waals surface area (Å²) in [4.78, 5) is 23.3. The van der Waals surface area contributed by atoms with E-state index in [0.29, 0.717) is 16.9 Å². The van der Waals surface area contributed by atoms with Gasteiger partial charge in [0.25, 0.3) is 0 Å². The summed E-state index contributed by atoms with van der Waals surface area (Å²) >= 11 is 1.02. The highest BCUT2D eigenvalue weighted by molar-refractivity contribution is 7.16. The Morgan fingerprint density at radius 2 is 1.83 bits per heavy atom. The van der Waals surface area contributed by atoms with Crippen molar-refractivity contribution < 1.29 is 13.9 Å². The molecule has 0 N–H and O–H groups in total. The lowest BCUT2D eigenvalue weighted by atomic mass is 10.0. The van der Waals surface area contributed by atoms with Gasteiger partial charge in [-0.25, -0.2) is 9.59 Å². The van der Waals surface area contributed by atoms with Crippen molar-refractivity contribution >= 4 is 38.4 Å². The topological polar surface area (TPSA) is 56.5 Å². The Balaban J connectivity index is 1.71. The van der Waals surface area contributed by atoms with Gasteiger partial charge in [0.05, 0.1) is 10.3 Å². The summed E-state index contributed by atoms with van der Waals surface area (Å²) < 4.78 is 11.2. The smallest absolute Gasteiger partial charge is 0.396 e. The average molecular weight is 322 g/mol. The molecule has 0 saturated heterocycles. The van der Waals surface area contributed by atoms with Gasteiger partial charge in [0.15, 0.2) is 5.58 Å². The largest absolute Gasteiger partial charge is 0.423 e. The summed E-state index contributed by atoms with van der Waals surface area (Å²) in [5.41, 5.74) is 0.915. The first kappa shape index (κ1) is 13.7. The summed E-state index contributed by atoms with van der Waals surface area (Å²) in [7, 11) is 0. The molecule has 23 heavy (non-hydrogen) atoms. The standard InChI is InChI=1S/C18H10O4S/c19-17(14-7-3-5-11-4-1-2-6-13(11)14)21-12-8-9-16-15(10-12)22-18(20)23-16/h1-10H. The number of carbonyl (C=O) groups excluding carboxylic acids is 1. The van der Waals surface area contributed by atoms with E-state index in [0.717, 1.165) is 26.8 Å². The van der Waals surface area contributed by atoms with E-state index in [1.807, 2.05) is 36.4 Å². The van der Waals surface area contributed by atoms with Gasteiger partial charge in [0.2, 0.25) is 0 Å². The van der Waals surface area contributed by atoms with E-state index in [4.69, 9.17) is 9.15 Å². The molecule has 3 aromatic carbocycles. The van der Waals surface area contributed by atoms with Gasteiger partial charge in [-0.3, -0.25) is 0 Å². The number of ether oxygens (including phenoxy) is 1. The predicted molar refractivity (Wildman–Crippen MR) is 89.3 cm³/mol. The van der Waals surface area contributed by atoms with Crippen LogP contribution in [0.3, 0.4) is 0 Å². The Kier molecular flexibility index (Phi) is 3.20. The molecule has 0 aliphatic rings. The maximum atomic E-state index is 12.5. The molecule has 0 atom stereocenters. The van der Waals surface area contributed by atoms with Crippen LogP contribution in [0.25, 0.3) is 21.1 Å². The van der Waals surface area contributed by atoms with Gasteiger partial charge in [-0.15, -0.1) is 0 Å². The second kappa shape index (κ2) is 5.37. The summed E-state index contributed by atoms with van der Waals surface area (Å²) in [5.74, 6) is -0.101. The van der Waals surface area contributed by atoms with E-state index in [-0.39, 0.29) is 4.94 Å². The van der Waals surface area contributed by atoms with Crippen molar-refractivity contribution in [2.45, 2.75) is 0 Å². The molecule has 0 spiro atoms. The molecule has 4 nitrogen and oxygen atoms in total. The third kappa shape index (κ3) is 2.51. The van der Waals surface area contributed by atoms with Crippen molar-refractivity contribution in [3.63, 3.8) is 0 Å². The van der Waals surface area contributed by atoms with Crippen LogP contribution >= 0.6 is 11.3 Å². The van der Waals surface area contributed by atoms with Crippen LogP contribution in [-0.2, 0) is 0 Å². The summed E-state index contributed by atoms with van der Waals surface area (Å²) in [6, 6.07) is 18.0. The molecule has 0 amide bonds. The molecule has 0 aliphatic carbocycles. The summed E-state index contributed by atoms with van der Waals surface area (Å²) in [6.45, 7) is 0. The van der Waals surface area contributed by atoms with Crippen LogP contribution in [0.15, 0.2) is 69.9 Å². The van der Waals surface area contributed by atoms with Crippen molar-refractivity contribution in [3.05, 3.63) is 76.0 Å². The molecule has 5 heteroatoms. The zero-order valence-electron chi connectivity index (χ0n) is 11.8. The Morgan fingerprint density at radius 3 is 2.74 bits per heavy atom. The third-order valence-corrected chi connectivity index (χ3v) is 4.33. The Hall–Kier alpha value is -2.92. The highest BCUT2D eigenvalue weighted by Gasteiger charge is 2.13. The quantitative estimate of drug-likeness (QED) is 0.409. The van der Waals surface area contributed by atoms with Crippen molar-refractivity contribution in [1.29, 1.82) is 0 Å². The molecule has 1 aromatic heterocycles. The van der Waals surface area contributed by atoms with Crippen LogP contribution < -0.4 is 9.68 Å². The fourth-order valence-electron chi connectivity index (χ4n) is 2.48. The van der Waals surface area contributed by atoms with Gasteiger partial charge in [-0.05, 0) is 29.0 Å². The molecule has 0 bridgehead atoms. The van der Waals surface area contributed by atoms with E-state index in [9.17, 15) is 9.59 Å². The van der Waals surface area contributed by atoms with Gasteiger partial charge in [0, 0.05) is 6.07 Å². The van der Waals surface area contributed by atoms with Crippen LogP contribution in [0, 0.1) is 0 Å². The zero-order valence-corrected chi connectivity index (χ0v) is 12.6. The van der Waals surface area contributed by atoms with Gasteiger partial charge in [-0.2, -0.15) is 0 Å². The van der Waals surface area contributed by atoms with Crippen LogP contribution in [-0.4, -0.2) is 5.97 Å². The van der Waals surface area contributed by atoms with Crippen LogP contribution in [0.4, 0.5) is 0 Å². The van der Waals surface area contributed by atoms with Crippen LogP contribution in [0.5, 0.6) is 5.75 Å². The third-order valence-electron chi connectivity index (χ3n) is 3.52. The molecule has 0 aliphatic heterocycles. The Bertz CT molecular complexity index is 1090. The zero-order chi connectivity index (χ0) is 15.8. The molecule has 4 rings (SSSR count). The highest BCUT2D eigenvalue weighted by Crippen LogP contribution is 2.25. The monoisotopic (exact) mass is 322 g/mol. The maximum absolute atomic E-state index is 12.5. The molecular weight excluding hydrogens is 312 g/mol. The second-order valence-corrected chi connectivity index (χ2v) is 5.96. The van der Waals surface area contributed by atoms with Crippen LogP contribution in [0.1, 0.15) is 10.4 Å². The van der Waals surface area contributed by atoms with Crippen molar-refractivity contribution in [2.24, 2.45) is 0 Å². The van der Waals surface area contributed by atoms with E-state index >= 15 is 0 Å². The molecule has 4 aromatic rings. The summed E-state index contributed by atoms with van der Waals surface area (Å²) in [5, 5.41) is 1.81. The highest BCUT2D eigenvalue weighted by atomic mass is 32.1. The minimum atomic E-state index is -0.446. The number of esters is 1. The first-order valence-electron chi connectivity index (χ1n) is 6.94. The lowest BCUT2D eigenvalue weighted by molar-refractivity contribution is 0.0737. The van der Waals surface area contributed by atoms with Crippen molar-refractivity contribution in [2.75, 3.05) is 0 Å². The second-order valence-electron chi connectivity index (χ2n) is 4.98. The molecule has 0 radical (unpaired) electrons. The van der Waals surface area contributed by atoms with Gasteiger partial charge in [0.1, 0.15) is 5.75 Å². The molecule has 112 valence electrons. The Morgan fingerprint density at radius 1 is 1.00 bits per heavy atom. The summed E-state index contributed by atoms with van der Waals surface area (Å²) in [6.07, 6.45) is 0. The molecular formula is C18H10O4S. The Labute approximate surface area is 134 Å². The van der Waals surface area contributed by atoms with Gasteiger partial charge < -0.3 is 9.15 Å². The van der Waals surface area contributed by atoms with E-state index < -0.39 is 5.97 Å². The normalized spacial score (nSPS) is 11.0. The first-order chi connectivity index (χ1) is 11.2. The number of fused-ring (bicyclic) bond motifs is 2. The van der Waals surface area contributed by atoms with E-state index in [1.165, 1.54) is 0 Å². The van der Waals surface area contributed by atoms with E-state index in [2.05, 4.69) is 0 Å². The number of hydrogen-bond acceptors (Lipinski definition) is 5. The van der Waals surface area contributed by atoms with Crippen molar-refractivity contribution in [1.82, 2.24) is 0 Å². The first-order valence-corrected chi connectivity index (χ1v) is 7.76. The number of hydrogen-bond donors (Lipinski definition) is 0. The average Bonchev–Trinajstić information content (AvgIpc) is 2.93. The minimum Gasteiger partial charge on any atom is -0.423 e. The van der Waals surface area contributed by atoms with Crippen molar-refractivity contribution in [3.8, 4) is 5.75 Å². The van der Waals surface area contributed by atoms with E-state index in [1.54, 1.807) is 24.3 Å². The van der Waals surface area contributed by atoms with Gasteiger partial charge >= 0.3 is 10.9 Å². The fourth-order valence-corrected chi connectivity index (χ4v) is 3.13. The SMILES string of the molecule is O=C(Oc1ccc2sc(=O)oc2c1)c1cccc2ccccc12.